The van der Waals surface area contributed by atoms with Gasteiger partial charge in [-0.15, -0.1) is 0 Å². The predicted molar refractivity (Wildman–Crippen MR) is 137 cm³/mol. The molecule has 5 rings (SSSR count). The molecule has 1 N–H and O–H groups in total. The summed E-state index contributed by atoms with van der Waals surface area (Å²) in [6.45, 7) is 5.04. The maximum Gasteiger partial charge on any atom is 0.317 e. The zero-order chi connectivity index (χ0) is 24.5. The molecule has 2 aliphatic rings. The number of carboxylic acids is 1. The first-order valence-corrected chi connectivity index (χ1v) is 12.6. The number of para-hydroxylation sites is 1. The van der Waals surface area contributed by atoms with E-state index < -0.39 is 5.97 Å². The SMILES string of the molecule is O=C(O)CN1CCN(CC(=O)N2CCc3c(n(Cc4cc(Cl)cc(Cl)c4)c4ccccc34)C2)CC1. The van der Waals surface area contributed by atoms with Gasteiger partial charge in [0.05, 0.1) is 19.6 Å². The maximum atomic E-state index is 13.2. The highest BCUT2D eigenvalue weighted by atomic mass is 35.5. The Morgan fingerprint density at radius 2 is 1.54 bits per heavy atom. The van der Waals surface area contributed by atoms with E-state index in [1.54, 1.807) is 6.07 Å². The summed E-state index contributed by atoms with van der Waals surface area (Å²) in [6, 6.07) is 14.0. The van der Waals surface area contributed by atoms with E-state index >= 15 is 0 Å². The van der Waals surface area contributed by atoms with Crippen LogP contribution >= 0.6 is 23.2 Å². The lowest BCUT2D eigenvalue weighted by atomic mass is 10.0. The zero-order valence-electron chi connectivity index (χ0n) is 19.4. The van der Waals surface area contributed by atoms with Crippen molar-refractivity contribution < 1.29 is 14.7 Å². The molecule has 3 aromatic rings. The van der Waals surface area contributed by atoms with E-state index in [-0.39, 0.29) is 12.5 Å². The van der Waals surface area contributed by atoms with Crippen LogP contribution in [0.5, 0.6) is 0 Å². The molecule has 0 saturated carbocycles. The summed E-state index contributed by atoms with van der Waals surface area (Å²) in [5.41, 5.74) is 4.64. The molecule has 7 nitrogen and oxygen atoms in total. The molecule has 0 spiro atoms. The highest BCUT2D eigenvalue weighted by molar-refractivity contribution is 6.34. The summed E-state index contributed by atoms with van der Waals surface area (Å²) >= 11 is 12.5. The summed E-state index contributed by atoms with van der Waals surface area (Å²) in [4.78, 5) is 30.2. The summed E-state index contributed by atoms with van der Waals surface area (Å²) in [7, 11) is 0. The first-order valence-electron chi connectivity index (χ1n) is 11.9. The monoisotopic (exact) mass is 514 g/mol. The van der Waals surface area contributed by atoms with E-state index in [2.05, 4.69) is 27.7 Å². The first-order chi connectivity index (χ1) is 16.9. The van der Waals surface area contributed by atoms with E-state index in [1.807, 2.05) is 28.0 Å². The van der Waals surface area contributed by atoms with E-state index in [0.717, 1.165) is 23.2 Å². The lowest BCUT2D eigenvalue weighted by Gasteiger charge is -2.35. The van der Waals surface area contributed by atoms with E-state index in [4.69, 9.17) is 28.3 Å². The minimum Gasteiger partial charge on any atom is -0.480 e. The molecule has 35 heavy (non-hydrogen) atoms. The number of fused-ring (bicyclic) bond motifs is 3. The Morgan fingerprint density at radius 3 is 2.23 bits per heavy atom. The Kier molecular flexibility index (Phi) is 7.02. The standard InChI is InChI=1S/C26H28Cl2N4O3/c27-19-11-18(12-20(28)13-19)14-32-23-4-2-1-3-21(23)22-5-6-31(15-24(22)32)25(33)16-29-7-9-30(10-8-29)17-26(34)35/h1-4,11-13H,5-10,14-17H2,(H,34,35). The van der Waals surface area contributed by atoms with Gasteiger partial charge in [0.15, 0.2) is 0 Å². The first kappa shape index (κ1) is 24.1. The van der Waals surface area contributed by atoms with Crippen molar-refractivity contribution in [2.45, 2.75) is 19.5 Å². The minimum absolute atomic E-state index is 0.0546. The van der Waals surface area contributed by atoms with Crippen molar-refractivity contribution in [3.8, 4) is 0 Å². The number of benzene rings is 2. The van der Waals surface area contributed by atoms with Gasteiger partial charge in [-0.2, -0.15) is 0 Å². The molecule has 1 saturated heterocycles. The molecule has 0 unspecified atom stereocenters. The zero-order valence-corrected chi connectivity index (χ0v) is 20.9. The lowest BCUT2D eigenvalue weighted by molar-refractivity contribution is -0.139. The maximum absolute atomic E-state index is 13.2. The highest BCUT2D eigenvalue weighted by Crippen LogP contribution is 2.32. The number of nitrogens with zero attached hydrogens (tertiary/aromatic N) is 4. The summed E-state index contributed by atoms with van der Waals surface area (Å²) in [6.07, 6.45) is 0.817. The number of carboxylic acid groups (broad SMARTS) is 1. The van der Waals surface area contributed by atoms with Crippen molar-refractivity contribution in [2.75, 3.05) is 45.8 Å². The fraction of sp³-hybridized carbons (Fsp3) is 0.385. The van der Waals surface area contributed by atoms with Crippen LogP contribution < -0.4 is 0 Å². The minimum atomic E-state index is -0.811. The van der Waals surface area contributed by atoms with Crippen LogP contribution in [0.15, 0.2) is 42.5 Å². The van der Waals surface area contributed by atoms with Gasteiger partial charge in [-0.25, -0.2) is 0 Å². The number of aromatic nitrogens is 1. The number of carbonyl (C=O) groups is 2. The van der Waals surface area contributed by atoms with Gasteiger partial charge in [0.1, 0.15) is 0 Å². The molecule has 1 amide bonds. The van der Waals surface area contributed by atoms with Crippen LogP contribution in [-0.2, 0) is 29.1 Å². The van der Waals surface area contributed by atoms with Crippen molar-refractivity contribution in [2.24, 2.45) is 0 Å². The van der Waals surface area contributed by atoms with Gasteiger partial charge in [0, 0.05) is 65.9 Å². The van der Waals surface area contributed by atoms with Crippen molar-refractivity contribution in [3.05, 3.63) is 69.3 Å². The molecule has 0 atom stereocenters. The van der Waals surface area contributed by atoms with Gasteiger partial charge in [-0.05, 0) is 41.8 Å². The van der Waals surface area contributed by atoms with E-state index in [9.17, 15) is 9.59 Å². The Hall–Kier alpha value is -2.58. The van der Waals surface area contributed by atoms with Gasteiger partial charge in [0.2, 0.25) is 5.91 Å². The molecule has 0 bridgehead atoms. The quantitative estimate of drug-likeness (QED) is 0.544. The average Bonchev–Trinajstić information content (AvgIpc) is 3.12. The molecule has 1 aromatic heterocycles. The van der Waals surface area contributed by atoms with Crippen LogP contribution in [0.3, 0.4) is 0 Å². The Bertz CT molecular complexity index is 1250. The smallest absolute Gasteiger partial charge is 0.317 e. The van der Waals surface area contributed by atoms with Gasteiger partial charge >= 0.3 is 5.97 Å². The Labute approximate surface area is 214 Å². The van der Waals surface area contributed by atoms with Crippen molar-refractivity contribution >= 4 is 46.0 Å². The van der Waals surface area contributed by atoms with Gasteiger partial charge in [-0.3, -0.25) is 19.4 Å². The summed E-state index contributed by atoms with van der Waals surface area (Å²) in [5.74, 6) is -0.695. The lowest BCUT2D eigenvalue weighted by Crippen LogP contribution is -2.51. The molecule has 3 heterocycles. The van der Waals surface area contributed by atoms with Crippen LogP contribution in [0.2, 0.25) is 10.0 Å². The number of halogens is 2. The van der Waals surface area contributed by atoms with Crippen molar-refractivity contribution in [3.63, 3.8) is 0 Å². The molecule has 2 aliphatic heterocycles. The second-order valence-corrected chi connectivity index (χ2v) is 10.2. The fourth-order valence-electron chi connectivity index (χ4n) is 5.26. The molecule has 9 heteroatoms. The third kappa shape index (κ3) is 5.33. The number of carbonyl (C=O) groups excluding carboxylic acids is 1. The molecular formula is C26H28Cl2N4O3. The topological polar surface area (TPSA) is 69.0 Å². The summed E-state index contributed by atoms with van der Waals surface area (Å²) in [5, 5.41) is 11.4. The molecular weight excluding hydrogens is 487 g/mol. The largest absolute Gasteiger partial charge is 0.480 e. The van der Waals surface area contributed by atoms with Gasteiger partial charge in [-0.1, -0.05) is 41.4 Å². The third-order valence-electron chi connectivity index (χ3n) is 6.96. The molecule has 2 aromatic carbocycles. The normalized spacial score (nSPS) is 17.0. The van der Waals surface area contributed by atoms with Crippen LogP contribution in [0.25, 0.3) is 10.9 Å². The number of aliphatic carboxylic acids is 1. The summed E-state index contributed by atoms with van der Waals surface area (Å²) < 4.78 is 2.29. The Balaban J connectivity index is 1.33. The number of hydrogen-bond acceptors (Lipinski definition) is 4. The van der Waals surface area contributed by atoms with Crippen LogP contribution in [0.1, 0.15) is 16.8 Å². The fourth-order valence-corrected chi connectivity index (χ4v) is 5.83. The number of piperazine rings is 1. The second kappa shape index (κ2) is 10.2. The van der Waals surface area contributed by atoms with Crippen LogP contribution in [0, 0.1) is 0 Å². The Morgan fingerprint density at radius 1 is 0.886 bits per heavy atom. The van der Waals surface area contributed by atoms with Gasteiger partial charge in [0.25, 0.3) is 0 Å². The predicted octanol–water partition coefficient (Wildman–Crippen LogP) is 3.58. The highest BCUT2D eigenvalue weighted by Gasteiger charge is 2.28. The molecule has 0 radical (unpaired) electrons. The average molecular weight is 515 g/mol. The van der Waals surface area contributed by atoms with Gasteiger partial charge < -0.3 is 14.6 Å². The molecule has 1 fully saturated rings. The van der Waals surface area contributed by atoms with E-state index in [1.165, 1.54) is 10.9 Å². The van der Waals surface area contributed by atoms with E-state index in [0.29, 0.717) is 62.4 Å². The second-order valence-electron chi connectivity index (χ2n) is 9.32. The number of hydrogen-bond donors (Lipinski definition) is 1. The van der Waals surface area contributed by atoms with Crippen molar-refractivity contribution in [1.82, 2.24) is 19.3 Å². The third-order valence-corrected chi connectivity index (χ3v) is 7.40. The number of amides is 1. The van der Waals surface area contributed by atoms with Crippen LogP contribution in [0.4, 0.5) is 0 Å². The van der Waals surface area contributed by atoms with Crippen LogP contribution in [-0.4, -0.2) is 82.1 Å². The molecule has 184 valence electrons. The molecule has 0 aliphatic carbocycles. The number of rotatable bonds is 6. The van der Waals surface area contributed by atoms with Crippen molar-refractivity contribution in [1.29, 1.82) is 0 Å².